The van der Waals surface area contributed by atoms with Crippen LogP contribution >= 0.6 is 0 Å². The molecule has 86 valence electrons. The zero-order chi connectivity index (χ0) is 11.0. The normalized spacial score (nSPS) is 12.4. The molecule has 0 aliphatic rings. The molecular weight excluding hydrogens is 178 g/mol. The van der Waals surface area contributed by atoms with Crippen LogP contribution in [-0.4, -0.2) is 82.0 Å². The molecule has 0 heterocycles. The van der Waals surface area contributed by atoms with E-state index in [0.29, 0.717) is 0 Å². The first-order valence-corrected chi connectivity index (χ1v) is 5.28. The minimum Gasteiger partial charge on any atom is -0.395 e. The van der Waals surface area contributed by atoms with E-state index in [0.717, 1.165) is 37.2 Å². The fourth-order valence-corrected chi connectivity index (χ4v) is 1.19. The van der Waals surface area contributed by atoms with Gasteiger partial charge in [-0.2, -0.15) is 0 Å². The van der Waals surface area contributed by atoms with Gasteiger partial charge >= 0.3 is 0 Å². The molecule has 0 radical (unpaired) electrons. The van der Waals surface area contributed by atoms with Gasteiger partial charge in [0, 0.05) is 26.2 Å². The molecule has 4 nitrogen and oxygen atoms in total. The van der Waals surface area contributed by atoms with E-state index in [-0.39, 0.29) is 6.61 Å². The monoisotopic (exact) mass is 204 g/mol. The second-order valence-electron chi connectivity index (χ2n) is 4.68. The lowest BCUT2D eigenvalue weighted by molar-refractivity contribution is -0.869. The predicted octanol–water partition coefficient (Wildman–Crippen LogP) is -0.794. The van der Waals surface area contributed by atoms with Gasteiger partial charge in [0.25, 0.3) is 0 Å². The van der Waals surface area contributed by atoms with E-state index in [4.69, 9.17) is 5.11 Å². The zero-order valence-electron chi connectivity index (χ0n) is 10.1. The summed E-state index contributed by atoms with van der Waals surface area (Å²) in [6, 6.07) is 0. The van der Waals surface area contributed by atoms with Gasteiger partial charge in [-0.3, -0.25) is 4.90 Å². The minimum atomic E-state index is 0.251. The maximum absolute atomic E-state index is 8.90. The molecule has 0 rings (SSSR count). The van der Waals surface area contributed by atoms with Crippen LogP contribution < -0.4 is 5.32 Å². The number of likely N-dealkylation sites (N-methyl/N-ethyl adjacent to an activating group) is 2. The van der Waals surface area contributed by atoms with E-state index in [2.05, 4.69) is 31.4 Å². The number of nitrogens with zero attached hydrogens (tertiary/aromatic N) is 2. The van der Waals surface area contributed by atoms with Crippen molar-refractivity contribution in [2.24, 2.45) is 0 Å². The Bertz CT molecular complexity index is 134. The summed E-state index contributed by atoms with van der Waals surface area (Å²) >= 11 is 0. The first-order chi connectivity index (χ1) is 6.49. The first kappa shape index (κ1) is 13.8. The third-order valence-electron chi connectivity index (χ3n) is 2.18. The minimum absolute atomic E-state index is 0.251. The Morgan fingerprint density at radius 3 is 2.21 bits per heavy atom. The van der Waals surface area contributed by atoms with Gasteiger partial charge in [-0.15, -0.1) is 0 Å². The van der Waals surface area contributed by atoms with E-state index in [1.54, 1.807) is 0 Å². The summed E-state index contributed by atoms with van der Waals surface area (Å²) in [7, 11) is 8.52. The Hall–Kier alpha value is -0.160. The summed E-state index contributed by atoms with van der Waals surface area (Å²) in [4.78, 5) is 2.29. The molecule has 0 atom stereocenters. The highest BCUT2D eigenvalue weighted by Gasteiger charge is 2.10. The van der Waals surface area contributed by atoms with Crippen molar-refractivity contribution in [3.63, 3.8) is 0 Å². The van der Waals surface area contributed by atoms with Crippen LogP contribution in [0.1, 0.15) is 0 Å². The van der Waals surface area contributed by atoms with Crippen LogP contribution in [0.4, 0.5) is 0 Å². The van der Waals surface area contributed by atoms with Crippen LogP contribution in [0.25, 0.3) is 0 Å². The first-order valence-electron chi connectivity index (χ1n) is 5.28. The van der Waals surface area contributed by atoms with Crippen molar-refractivity contribution in [2.75, 3.05) is 67.5 Å². The van der Waals surface area contributed by atoms with Crippen molar-refractivity contribution in [1.29, 1.82) is 0 Å². The third-order valence-corrected chi connectivity index (χ3v) is 2.18. The molecule has 0 aliphatic heterocycles. The van der Waals surface area contributed by atoms with Gasteiger partial charge in [-0.1, -0.05) is 0 Å². The average Bonchev–Trinajstić information content (AvgIpc) is 2.08. The van der Waals surface area contributed by atoms with E-state index < -0.39 is 0 Å². The van der Waals surface area contributed by atoms with Crippen LogP contribution in [0.3, 0.4) is 0 Å². The van der Waals surface area contributed by atoms with Crippen molar-refractivity contribution < 1.29 is 9.59 Å². The number of hydrogen-bond acceptors (Lipinski definition) is 3. The molecular formula is C10H26N3O+. The Morgan fingerprint density at radius 1 is 1.14 bits per heavy atom. The largest absolute Gasteiger partial charge is 0.395 e. The summed E-state index contributed by atoms with van der Waals surface area (Å²) in [6.45, 7) is 5.19. The van der Waals surface area contributed by atoms with E-state index in [9.17, 15) is 0 Å². The molecule has 0 aliphatic carbocycles. The molecule has 0 aromatic heterocycles. The van der Waals surface area contributed by atoms with Crippen LogP contribution in [0.2, 0.25) is 0 Å². The fraction of sp³-hybridized carbons (Fsp3) is 1.00. The van der Waals surface area contributed by atoms with E-state index in [1.165, 1.54) is 0 Å². The molecule has 0 saturated heterocycles. The second kappa shape index (κ2) is 7.17. The highest BCUT2D eigenvalue weighted by molar-refractivity contribution is 4.57. The lowest BCUT2D eigenvalue weighted by Gasteiger charge is -2.28. The predicted molar refractivity (Wildman–Crippen MR) is 60.4 cm³/mol. The van der Waals surface area contributed by atoms with Crippen LogP contribution in [0.15, 0.2) is 0 Å². The van der Waals surface area contributed by atoms with Crippen molar-refractivity contribution in [1.82, 2.24) is 10.2 Å². The fourth-order valence-electron chi connectivity index (χ4n) is 1.19. The molecule has 2 N–H and O–H groups in total. The number of aliphatic hydroxyl groups is 1. The van der Waals surface area contributed by atoms with Crippen LogP contribution in [-0.2, 0) is 0 Å². The van der Waals surface area contributed by atoms with Crippen LogP contribution in [0, 0.1) is 0 Å². The molecule has 0 amide bonds. The lowest BCUT2D eigenvalue weighted by atomic mass is 10.4. The molecule has 14 heavy (non-hydrogen) atoms. The van der Waals surface area contributed by atoms with Gasteiger partial charge in [-0.05, 0) is 7.05 Å². The summed E-state index contributed by atoms with van der Waals surface area (Å²) in [5, 5.41) is 12.0. The number of aliphatic hydroxyl groups excluding tert-OH is 1. The second-order valence-corrected chi connectivity index (χ2v) is 4.68. The van der Waals surface area contributed by atoms with Gasteiger partial charge in [0.15, 0.2) is 0 Å². The van der Waals surface area contributed by atoms with E-state index >= 15 is 0 Å². The summed E-state index contributed by atoms with van der Waals surface area (Å²) in [6.07, 6.45) is 0. The standard InChI is InChI=1S/C10H26N3O/c1-11-5-6-12(8-10-14)7-9-13(2,3)4/h11,14H,5-10H2,1-4H3/q+1. The summed E-state index contributed by atoms with van der Waals surface area (Å²) in [5.74, 6) is 0. The number of quaternary nitrogens is 1. The van der Waals surface area contributed by atoms with Gasteiger partial charge in [0.1, 0.15) is 0 Å². The highest BCUT2D eigenvalue weighted by atomic mass is 16.3. The third kappa shape index (κ3) is 8.44. The number of hydrogen-bond donors (Lipinski definition) is 2. The summed E-state index contributed by atoms with van der Waals surface area (Å²) < 4.78 is 0.974. The van der Waals surface area contributed by atoms with Gasteiger partial charge in [0.05, 0.1) is 34.3 Å². The Labute approximate surface area is 88.1 Å². The Kier molecular flexibility index (Phi) is 7.09. The van der Waals surface area contributed by atoms with Gasteiger partial charge < -0.3 is 14.9 Å². The maximum Gasteiger partial charge on any atom is 0.0909 e. The molecule has 0 unspecified atom stereocenters. The molecule has 4 heteroatoms. The quantitative estimate of drug-likeness (QED) is 0.509. The van der Waals surface area contributed by atoms with Gasteiger partial charge in [-0.25, -0.2) is 0 Å². The molecule has 0 saturated carbocycles. The molecule has 0 fully saturated rings. The SMILES string of the molecule is CNCCN(CCO)CC[N+](C)(C)C. The molecule has 0 spiro atoms. The maximum atomic E-state index is 8.90. The number of rotatable bonds is 8. The molecule has 0 bridgehead atoms. The Balaban J connectivity index is 3.72. The van der Waals surface area contributed by atoms with Crippen molar-refractivity contribution in [2.45, 2.75) is 0 Å². The van der Waals surface area contributed by atoms with E-state index in [1.807, 2.05) is 7.05 Å². The lowest BCUT2D eigenvalue weighted by Crippen LogP contribution is -2.44. The zero-order valence-corrected chi connectivity index (χ0v) is 10.1. The van der Waals surface area contributed by atoms with Gasteiger partial charge in [0.2, 0.25) is 0 Å². The van der Waals surface area contributed by atoms with Crippen molar-refractivity contribution >= 4 is 0 Å². The molecule has 0 aromatic carbocycles. The smallest absolute Gasteiger partial charge is 0.0909 e. The average molecular weight is 204 g/mol. The number of nitrogens with one attached hydrogen (secondary N) is 1. The molecule has 0 aromatic rings. The van der Waals surface area contributed by atoms with Crippen LogP contribution in [0.5, 0.6) is 0 Å². The summed E-state index contributed by atoms with van der Waals surface area (Å²) in [5.41, 5.74) is 0. The highest BCUT2D eigenvalue weighted by Crippen LogP contribution is 1.93. The van der Waals surface area contributed by atoms with Crippen molar-refractivity contribution in [3.05, 3.63) is 0 Å². The van der Waals surface area contributed by atoms with Crippen molar-refractivity contribution in [3.8, 4) is 0 Å². The Morgan fingerprint density at radius 2 is 1.79 bits per heavy atom. The topological polar surface area (TPSA) is 35.5 Å².